The minimum absolute atomic E-state index is 0.276. The number of benzene rings is 1. The van der Waals surface area contributed by atoms with Crippen molar-refractivity contribution in [2.24, 2.45) is 7.05 Å². The third kappa shape index (κ3) is 4.07. The van der Waals surface area contributed by atoms with E-state index in [9.17, 15) is 9.50 Å². The van der Waals surface area contributed by atoms with Crippen molar-refractivity contribution < 1.29 is 9.50 Å². The second-order valence-corrected chi connectivity index (χ2v) is 7.26. The van der Waals surface area contributed by atoms with Gasteiger partial charge in [-0.3, -0.25) is 4.90 Å². The zero-order valence-corrected chi connectivity index (χ0v) is 15.2. The molecule has 1 aliphatic heterocycles. The summed E-state index contributed by atoms with van der Waals surface area (Å²) in [7, 11) is 2.02. The molecule has 0 amide bonds. The summed E-state index contributed by atoms with van der Waals surface area (Å²) >= 11 is 0. The summed E-state index contributed by atoms with van der Waals surface area (Å²) in [6, 6.07) is 6.43. The summed E-state index contributed by atoms with van der Waals surface area (Å²) in [4.78, 5) is 2.38. The summed E-state index contributed by atoms with van der Waals surface area (Å²) in [6.07, 6.45) is 2.26. The normalized spacial score (nSPS) is 19.7. The van der Waals surface area contributed by atoms with E-state index in [0.29, 0.717) is 18.4 Å². The van der Waals surface area contributed by atoms with E-state index in [1.165, 1.54) is 12.1 Å². The molecule has 0 spiro atoms. The molecule has 0 radical (unpaired) electrons. The monoisotopic (exact) mass is 346 g/mol. The fourth-order valence-corrected chi connectivity index (χ4v) is 3.65. The van der Waals surface area contributed by atoms with Crippen molar-refractivity contribution in [2.75, 3.05) is 6.54 Å². The second-order valence-electron chi connectivity index (χ2n) is 7.26. The predicted octanol–water partition coefficient (Wildman–Crippen LogP) is 3.17. The van der Waals surface area contributed by atoms with Crippen LogP contribution in [-0.2, 0) is 13.6 Å². The van der Waals surface area contributed by atoms with Crippen molar-refractivity contribution in [1.82, 2.24) is 19.7 Å². The van der Waals surface area contributed by atoms with Crippen LogP contribution >= 0.6 is 0 Å². The van der Waals surface area contributed by atoms with Crippen molar-refractivity contribution in [2.45, 2.75) is 57.7 Å². The van der Waals surface area contributed by atoms with Crippen LogP contribution in [0.2, 0.25) is 0 Å². The molecular weight excluding hydrogens is 319 g/mol. The number of nitrogens with zero attached hydrogens (tertiary/aromatic N) is 4. The minimum Gasteiger partial charge on any atom is -0.388 e. The van der Waals surface area contributed by atoms with Crippen molar-refractivity contribution in [3.63, 3.8) is 0 Å². The smallest absolute Gasteiger partial charge is 0.146 e. The van der Waals surface area contributed by atoms with E-state index < -0.39 is 6.10 Å². The lowest BCUT2D eigenvalue weighted by Crippen LogP contribution is -2.31. The first-order valence-electron chi connectivity index (χ1n) is 9.01. The number of rotatable bonds is 6. The Bertz CT molecular complexity index is 698. The lowest BCUT2D eigenvalue weighted by molar-refractivity contribution is 0.116. The van der Waals surface area contributed by atoms with Crippen LogP contribution in [0.25, 0.3) is 0 Å². The molecule has 0 aliphatic carbocycles. The first-order valence-corrected chi connectivity index (χ1v) is 9.01. The van der Waals surface area contributed by atoms with E-state index >= 15 is 0 Å². The third-order valence-electron chi connectivity index (χ3n) is 5.11. The third-order valence-corrected chi connectivity index (χ3v) is 5.11. The van der Waals surface area contributed by atoms with Crippen LogP contribution in [0.5, 0.6) is 0 Å². The Kier molecular flexibility index (Phi) is 5.49. The van der Waals surface area contributed by atoms with Gasteiger partial charge in [-0.05, 0) is 43.5 Å². The highest BCUT2D eigenvalue weighted by Crippen LogP contribution is 2.28. The number of aliphatic hydroxyl groups excluding tert-OH is 1. The quantitative estimate of drug-likeness (QED) is 0.873. The molecule has 2 atom stereocenters. The molecule has 1 aliphatic rings. The van der Waals surface area contributed by atoms with Gasteiger partial charge in [0.05, 0.1) is 12.6 Å². The number of halogens is 1. The summed E-state index contributed by atoms with van der Waals surface area (Å²) in [5.41, 5.74) is 0.772. The molecule has 1 saturated heterocycles. The Morgan fingerprint density at radius 1 is 1.24 bits per heavy atom. The van der Waals surface area contributed by atoms with E-state index in [1.54, 1.807) is 12.1 Å². The van der Waals surface area contributed by atoms with Crippen LogP contribution in [0, 0.1) is 5.82 Å². The zero-order chi connectivity index (χ0) is 18.0. The van der Waals surface area contributed by atoms with Crippen LogP contribution in [0.15, 0.2) is 24.3 Å². The number of hydrogen-bond acceptors (Lipinski definition) is 4. The zero-order valence-electron chi connectivity index (χ0n) is 15.2. The molecule has 0 saturated carbocycles. The van der Waals surface area contributed by atoms with E-state index in [-0.39, 0.29) is 5.82 Å². The Labute approximate surface area is 148 Å². The van der Waals surface area contributed by atoms with Crippen LogP contribution in [0.4, 0.5) is 4.39 Å². The van der Waals surface area contributed by atoms with Crippen LogP contribution in [0.1, 0.15) is 62.3 Å². The standard InChI is InChI=1S/C19H27FN4O/c1-13(2)19-22-21-18(23(19)3)12-24-10-4-5-16(24)11-17(25)14-6-8-15(20)9-7-14/h6-9,13,16-17,25H,4-5,10-12H2,1-3H3. The van der Waals surface area contributed by atoms with Gasteiger partial charge < -0.3 is 9.67 Å². The molecule has 2 unspecified atom stereocenters. The molecule has 3 rings (SSSR count). The Hall–Kier alpha value is -1.79. The predicted molar refractivity (Wildman–Crippen MR) is 94.5 cm³/mol. The van der Waals surface area contributed by atoms with Crippen molar-refractivity contribution >= 4 is 0 Å². The number of aliphatic hydroxyl groups is 1. The molecule has 136 valence electrons. The molecule has 25 heavy (non-hydrogen) atoms. The first kappa shape index (κ1) is 18.0. The van der Waals surface area contributed by atoms with Gasteiger partial charge in [0.15, 0.2) is 0 Å². The first-order chi connectivity index (χ1) is 12.0. The SMILES string of the molecule is CC(C)c1nnc(CN2CCCC2CC(O)c2ccc(F)cc2)n1C. The van der Waals surface area contributed by atoms with Crippen LogP contribution < -0.4 is 0 Å². The van der Waals surface area contributed by atoms with Gasteiger partial charge in [-0.1, -0.05) is 26.0 Å². The van der Waals surface area contributed by atoms with Gasteiger partial charge in [0, 0.05) is 19.0 Å². The molecular formula is C19H27FN4O. The Morgan fingerprint density at radius 2 is 1.96 bits per heavy atom. The molecule has 1 fully saturated rings. The highest BCUT2D eigenvalue weighted by Gasteiger charge is 2.28. The lowest BCUT2D eigenvalue weighted by Gasteiger charge is -2.26. The van der Waals surface area contributed by atoms with E-state index in [2.05, 4.69) is 33.5 Å². The summed E-state index contributed by atoms with van der Waals surface area (Å²) in [5, 5.41) is 19.2. The average molecular weight is 346 g/mol. The topological polar surface area (TPSA) is 54.2 Å². The van der Waals surface area contributed by atoms with Crippen molar-refractivity contribution in [3.8, 4) is 0 Å². The molecule has 1 N–H and O–H groups in total. The highest BCUT2D eigenvalue weighted by atomic mass is 19.1. The van der Waals surface area contributed by atoms with Gasteiger partial charge in [-0.25, -0.2) is 4.39 Å². The summed E-state index contributed by atoms with van der Waals surface area (Å²) in [5.74, 6) is 2.03. The molecule has 2 aromatic rings. The Morgan fingerprint density at radius 3 is 2.60 bits per heavy atom. The van der Waals surface area contributed by atoms with E-state index in [4.69, 9.17) is 0 Å². The largest absolute Gasteiger partial charge is 0.388 e. The van der Waals surface area contributed by atoms with Gasteiger partial charge in [0.2, 0.25) is 0 Å². The lowest BCUT2D eigenvalue weighted by atomic mass is 10.0. The minimum atomic E-state index is -0.572. The van der Waals surface area contributed by atoms with Crippen molar-refractivity contribution in [3.05, 3.63) is 47.3 Å². The van der Waals surface area contributed by atoms with Gasteiger partial charge in [0.25, 0.3) is 0 Å². The van der Waals surface area contributed by atoms with E-state index in [1.807, 2.05) is 7.05 Å². The average Bonchev–Trinajstić information content (AvgIpc) is 3.16. The van der Waals surface area contributed by atoms with E-state index in [0.717, 1.165) is 43.1 Å². The summed E-state index contributed by atoms with van der Waals surface area (Å²) < 4.78 is 15.1. The maximum Gasteiger partial charge on any atom is 0.146 e. The molecule has 1 aromatic carbocycles. The molecule has 6 heteroatoms. The van der Waals surface area contributed by atoms with Crippen LogP contribution in [0.3, 0.4) is 0 Å². The van der Waals surface area contributed by atoms with Gasteiger partial charge in [-0.15, -0.1) is 10.2 Å². The van der Waals surface area contributed by atoms with Gasteiger partial charge in [-0.2, -0.15) is 0 Å². The summed E-state index contributed by atoms with van der Waals surface area (Å²) in [6.45, 7) is 5.98. The molecule has 2 heterocycles. The maximum absolute atomic E-state index is 13.1. The molecule has 5 nitrogen and oxygen atoms in total. The van der Waals surface area contributed by atoms with Gasteiger partial charge >= 0.3 is 0 Å². The molecule has 1 aromatic heterocycles. The number of likely N-dealkylation sites (tertiary alicyclic amines) is 1. The number of hydrogen-bond donors (Lipinski definition) is 1. The Balaban J connectivity index is 1.65. The van der Waals surface area contributed by atoms with Crippen LogP contribution in [-0.4, -0.2) is 37.4 Å². The van der Waals surface area contributed by atoms with Gasteiger partial charge in [0.1, 0.15) is 17.5 Å². The molecule has 0 bridgehead atoms. The fourth-order valence-electron chi connectivity index (χ4n) is 3.65. The second kappa shape index (κ2) is 7.62. The van der Waals surface area contributed by atoms with Crippen molar-refractivity contribution in [1.29, 1.82) is 0 Å². The fraction of sp³-hybridized carbons (Fsp3) is 0.579. The maximum atomic E-state index is 13.1. The highest BCUT2D eigenvalue weighted by molar-refractivity contribution is 5.18. The number of aromatic nitrogens is 3.